The number of hydrogen-bond acceptors (Lipinski definition) is 5. The lowest BCUT2D eigenvalue weighted by molar-refractivity contribution is -0.127. The molecule has 0 unspecified atom stereocenters. The Balaban J connectivity index is 1.61. The minimum absolute atomic E-state index is 0.0223. The molecule has 2 aromatic rings. The quantitative estimate of drug-likeness (QED) is 0.783. The molecule has 0 saturated carbocycles. The molecule has 1 fully saturated rings. The van der Waals surface area contributed by atoms with Gasteiger partial charge in [-0.3, -0.25) is 9.59 Å². The standard InChI is InChI=1S/C19H23N3O5S/c1-13(14-6-8-16(9-7-14)28(20,25)26)21-18(23)15-4-2-10-22(12-15)19(24)17-5-3-11-27-17/h3,5-9,11,13,15H,2,4,10,12H2,1H3,(H,21,23)(H2,20,25,26)/t13-,15+/m1/s1. The van der Waals surface area contributed by atoms with E-state index in [0.717, 1.165) is 12.0 Å². The number of sulfonamides is 1. The van der Waals surface area contributed by atoms with Gasteiger partial charge in [-0.1, -0.05) is 12.1 Å². The highest BCUT2D eigenvalue weighted by atomic mass is 32.2. The summed E-state index contributed by atoms with van der Waals surface area (Å²) < 4.78 is 27.8. The van der Waals surface area contributed by atoms with Gasteiger partial charge in [0.25, 0.3) is 5.91 Å². The Kier molecular flexibility index (Phi) is 5.85. The van der Waals surface area contributed by atoms with Crippen LogP contribution in [0.25, 0.3) is 0 Å². The molecule has 2 atom stereocenters. The SMILES string of the molecule is C[C@@H](NC(=O)[C@H]1CCCN(C(=O)c2ccco2)C1)c1ccc(S(N)(=O)=O)cc1. The molecule has 1 aromatic carbocycles. The highest BCUT2D eigenvalue weighted by molar-refractivity contribution is 7.89. The van der Waals surface area contributed by atoms with Crippen LogP contribution in [0, 0.1) is 5.92 Å². The second kappa shape index (κ2) is 8.15. The number of primary sulfonamides is 1. The monoisotopic (exact) mass is 405 g/mol. The Morgan fingerprint density at radius 1 is 1.25 bits per heavy atom. The molecule has 9 heteroatoms. The second-order valence-corrected chi connectivity index (χ2v) is 8.47. The van der Waals surface area contributed by atoms with Gasteiger partial charge >= 0.3 is 0 Å². The zero-order valence-corrected chi connectivity index (χ0v) is 16.3. The van der Waals surface area contributed by atoms with Crippen LogP contribution in [-0.2, 0) is 14.8 Å². The smallest absolute Gasteiger partial charge is 0.289 e. The van der Waals surface area contributed by atoms with E-state index in [-0.39, 0.29) is 34.4 Å². The van der Waals surface area contributed by atoms with Crippen molar-refractivity contribution < 1.29 is 22.4 Å². The van der Waals surface area contributed by atoms with Crippen LogP contribution in [0.1, 0.15) is 41.9 Å². The first kappa shape index (κ1) is 20.1. The lowest BCUT2D eigenvalue weighted by Gasteiger charge is -2.32. The zero-order chi connectivity index (χ0) is 20.3. The molecule has 1 aliphatic heterocycles. The summed E-state index contributed by atoms with van der Waals surface area (Å²) >= 11 is 0. The molecule has 28 heavy (non-hydrogen) atoms. The average Bonchev–Trinajstić information content (AvgIpc) is 3.21. The van der Waals surface area contributed by atoms with Crippen LogP contribution in [0.15, 0.2) is 52.0 Å². The molecule has 1 saturated heterocycles. The summed E-state index contributed by atoms with van der Waals surface area (Å²) in [7, 11) is -3.75. The van der Waals surface area contributed by atoms with E-state index in [0.29, 0.717) is 19.5 Å². The van der Waals surface area contributed by atoms with Gasteiger partial charge in [0.1, 0.15) is 0 Å². The minimum Gasteiger partial charge on any atom is -0.459 e. The van der Waals surface area contributed by atoms with Crippen molar-refractivity contribution in [2.45, 2.75) is 30.7 Å². The summed E-state index contributed by atoms with van der Waals surface area (Å²) in [6.07, 6.45) is 2.89. The zero-order valence-electron chi connectivity index (χ0n) is 15.5. The van der Waals surface area contributed by atoms with Crippen LogP contribution in [0.3, 0.4) is 0 Å². The number of piperidine rings is 1. The molecule has 8 nitrogen and oxygen atoms in total. The number of carbonyl (C=O) groups is 2. The number of likely N-dealkylation sites (tertiary alicyclic amines) is 1. The Labute approximate surface area is 163 Å². The number of hydrogen-bond donors (Lipinski definition) is 2. The molecule has 3 N–H and O–H groups in total. The first-order chi connectivity index (χ1) is 13.3. The number of nitrogens with zero attached hydrogens (tertiary/aromatic N) is 1. The van der Waals surface area contributed by atoms with Crippen molar-refractivity contribution in [2.75, 3.05) is 13.1 Å². The molecular weight excluding hydrogens is 382 g/mol. The van der Waals surface area contributed by atoms with E-state index in [1.54, 1.807) is 29.2 Å². The molecule has 0 aliphatic carbocycles. The molecule has 0 radical (unpaired) electrons. The van der Waals surface area contributed by atoms with Crippen LogP contribution >= 0.6 is 0 Å². The largest absolute Gasteiger partial charge is 0.459 e. The fraction of sp³-hybridized carbons (Fsp3) is 0.368. The van der Waals surface area contributed by atoms with Crippen LogP contribution in [0.5, 0.6) is 0 Å². The van der Waals surface area contributed by atoms with Gasteiger partial charge in [-0.25, -0.2) is 13.6 Å². The molecule has 2 amide bonds. The van der Waals surface area contributed by atoms with Crippen molar-refractivity contribution in [3.63, 3.8) is 0 Å². The first-order valence-electron chi connectivity index (χ1n) is 9.01. The van der Waals surface area contributed by atoms with Gasteiger partial charge in [-0.2, -0.15) is 0 Å². The topological polar surface area (TPSA) is 123 Å². The Bertz CT molecular complexity index is 938. The fourth-order valence-corrected chi connectivity index (χ4v) is 3.81. The maximum absolute atomic E-state index is 12.7. The summed E-state index contributed by atoms with van der Waals surface area (Å²) in [5.74, 6) is -0.391. The van der Waals surface area contributed by atoms with Gasteiger partial charge in [-0.15, -0.1) is 0 Å². The van der Waals surface area contributed by atoms with Gasteiger partial charge in [-0.05, 0) is 49.6 Å². The van der Waals surface area contributed by atoms with Crippen LogP contribution < -0.4 is 10.5 Å². The number of carbonyl (C=O) groups excluding carboxylic acids is 2. The predicted molar refractivity (Wildman–Crippen MR) is 102 cm³/mol. The number of nitrogens with one attached hydrogen (secondary N) is 1. The summed E-state index contributed by atoms with van der Waals surface area (Å²) in [5, 5.41) is 8.03. The van der Waals surface area contributed by atoms with Crippen molar-refractivity contribution >= 4 is 21.8 Å². The number of amides is 2. The van der Waals surface area contributed by atoms with E-state index < -0.39 is 10.0 Å². The first-order valence-corrected chi connectivity index (χ1v) is 10.6. The normalized spacial score (nSPS) is 18.5. The summed E-state index contributed by atoms with van der Waals surface area (Å²) in [6.45, 7) is 2.74. The summed E-state index contributed by atoms with van der Waals surface area (Å²) in [4.78, 5) is 26.8. The van der Waals surface area contributed by atoms with Crippen LogP contribution in [0.4, 0.5) is 0 Å². The van der Waals surface area contributed by atoms with Crippen molar-refractivity contribution in [1.29, 1.82) is 0 Å². The van der Waals surface area contributed by atoms with Gasteiger partial charge in [0.15, 0.2) is 5.76 Å². The van der Waals surface area contributed by atoms with Gasteiger partial charge in [0, 0.05) is 13.1 Å². The Morgan fingerprint density at radius 3 is 2.57 bits per heavy atom. The van der Waals surface area contributed by atoms with E-state index in [4.69, 9.17) is 9.56 Å². The average molecular weight is 405 g/mol. The molecule has 150 valence electrons. The number of benzene rings is 1. The minimum atomic E-state index is -3.75. The molecule has 0 bridgehead atoms. The van der Waals surface area contributed by atoms with Crippen molar-refractivity contribution in [2.24, 2.45) is 11.1 Å². The molecule has 0 spiro atoms. The van der Waals surface area contributed by atoms with Crippen LogP contribution in [-0.4, -0.2) is 38.2 Å². The molecule has 1 aromatic heterocycles. The van der Waals surface area contributed by atoms with E-state index in [1.165, 1.54) is 18.4 Å². The predicted octanol–water partition coefficient (Wildman–Crippen LogP) is 1.66. The van der Waals surface area contributed by atoms with E-state index in [1.807, 2.05) is 6.92 Å². The van der Waals surface area contributed by atoms with E-state index in [2.05, 4.69) is 5.32 Å². The highest BCUT2D eigenvalue weighted by Gasteiger charge is 2.30. The Hall–Kier alpha value is -2.65. The Morgan fingerprint density at radius 2 is 1.96 bits per heavy atom. The van der Waals surface area contributed by atoms with Crippen LogP contribution in [0.2, 0.25) is 0 Å². The van der Waals surface area contributed by atoms with Gasteiger partial charge < -0.3 is 14.6 Å². The number of furan rings is 1. The molecule has 2 heterocycles. The number of nitrogens with two attached hydrogens (primary N) is 1. The van der Waals surface area contributed by atoms with Gasteiger partial charge in [0.05, 0.1) is 23.1 Å². The lowest BCUT2D eigenvalue weighted by atomic mass is 9.96. The number of rotatable bonds is 5. The lowest BCUT2D eigenvalue weighted by Crippen LogP contribution is -2.45. The van der Waals surface area contributed by atoms with Crippen molar-refractivity contribution in [3.05, 3.63) is 54.0 Å². The third-order valence-electron chi connectivity index (χ3n) is 4.88. The van der Waals surface area contributed by atoms with Crippen molar-refractivity contribution in [3.8, 4) is 0 Å². The molecule has 1 aliphatic rings. The maximum Gasteiger partial charge on any atom is 0.289 e. The third-order valence-corrected chi connectivity index (χ3v) is 5.81. The summed E-state index contributed by atoms with van der Waals surface area (Å²) in [6, 6.07) is 9.04. The third kappa shape index (κ3) is 4.60. The summed E-state index contributed by atoms with van der Waals surface area (Å²) in [5.41, 5.74) is 0.764. The van der Waals surface area contributed by atoms with Gasteiger partial charge in [0.2, 0.25) is 15.9 Å². The fourth-order valence-electron chi connectivity index (χ4n) is 3.29. The van der Waals surface area contributed by atoms with Crippen molar-refractivity contribution in [1.82, 2.24) is 10.2 Å². The highest BCUT2D eigenvalue weighted by Crippen LogP contribution is 2.21. The molecule has 3 rings (SSSR count). The van der Waals surface area contributed by atoms with E-state index >= 15 is 0 Å². The second-order valence-electron chi connectivity index (χ2n) is 6.91. The van der Waals surface area contributed by atoms with E-state index in [9.17, 15) is 18.0 Å². The molecular formula is C19H23N3O5S. The maximum atomic E-state index is 12.7.